The minimum absolute atomic E-state index is 0.0188. The third kappa shape index (κ3) is 1.75. The number of aromatic carboxylic acids is 1. The Morgan fingerprint density at radius 2 is 2.29 bits per heavy atom. The number of carbonyl (C=O) groups is 1. The molecule has 4 nitrogen and oxygen atoms in total. The van der Waals surface area contributed by atoms with Gasteiger partial charge in [-0.25, -0.2) is 9.78 Å². The molecule has 1 heterocycles. The summed E-state index contributed by atoms with van der Waals surface area (Å²) in [5.74, 6) is -0.441. The Labute approximate surface area is 81.8 Å². The van der Waals surface area contributed by atoms with Gasteiger partial charge in [0.05, 0.1) is 0 Å². The second-order valence-electron chi connectivity index (χ2n) is 3.65. The molecule has 0 spiro atoms. The molecule has 3 N–H and O–H groups in total. The molecule has 1 fully saturated rings. The third-order valence-electron chi connectivity index (χ3n) is 2.52. The van der Waals surface area contributed by atoms with Crippen LogP contribution in [0.2, 0.25) is 0 Å². The standard InChI is InChI=1S/C10H12N2O2/c11-9(6-1-2-6)7-3-4-8(10(13)14)12-5-7/h3-6,9H,1-2,11H2,(H,13,14). The summed E-state index contributed by atoms with van der Waals surface area (Å²) in [5, 5.41) is 8.64. The van der Waals surface area contributed by atoms with Crippen LogP contribution in [0.25, 0.3) is 0 Å². The van der Waals surface area contributed by atoms with Crippen molar-refractivity contribution in [3.63, 3.8) is 0 Å². The number of hydrogen-bond donors (Lipinski definition) is 2. The lowest BCUT2D eigenvalue weighted by Crippen LogP contribution is -2.13. The minimum Gasteiger partial charge on any atom is -0.477 e. The number of nitrogens with zero attached hydrogens (tertiary/aromatic N) is 1. The molecular weight excluding hydrogens is 180 g/mol. The van der Waals surface area contributed by atoms with Crippen molar-refractivity contribution in [1.82, 2.24) is 4.98 Å². The van der Waals surface area contributed by atoms with Crippen LogP contribution >= 0.6 is 0 Å². The predicted molar refractivity (Wildman–Crippen MR) is 50.8 cm³/mol. The van der Waals surface area contributed by atoms with E-state index >= 15 is 0 Å². The molecule has 0 amide bonds. The Morgan fingerprint density at radius 3 is 2.71 bits per heavy atom. The van der Waals surface area contributed by atoms with E-state index in [9.17, 15) is 4.79 Å². The van der Waals surface area contributed by atoms with E-state index in [2.05, 4.69) is 4.98 Å². The van der Waals surface area contributed by atoms with E-state index in [0.29, 0.717) is 5.92 Å². The molecule has 0 aromatic carbocycles. The van der Waals surface area contributed by atoms with Gasteiger partial charge in [0.1, 0.15) is 5.69 Å². The number of carboxylic acid groups (broad SMARTS) is 1. The van der Waals surface area contributed by atoms with Gasteiger partial charge in [0.15, 0.2) is 0 Å². The molecule has 1 aromatic heterocycles. The second kappa shape index (κ2) is 3.38. The molecule has 1 aromatic rings. The summed E-state index contributed by atoms with van der Waals surface area (Å²) in [6, 6.07) is 3.27. The molecule has 14 heavy (non-hydrogen) atoms. The van der Waals surface area contributed by atoms with E-state index in [4.69, 9.17) is 10.8 Å². The van der Waals surface area contributed by atoms with Crippen LogP contribution in [-0.4, -0.2) is 16.1 Å². The largest absolute Gasteiger partial charge is 0.477 e. The number of pyridine rings is 1. The summed E-state index contributed by atoms with van der Waals surface area (Å²) in [6.45, 7) is 0. The summed E-state index contributed by atoms with van der Waals surface area (Å²) in [4.78, 5) is 14.4. The summed E-state index contributed by atoms with van der Waals surface area (Å²) >= 11 is 0. The SMILES string of the molecule is NC(c1ccc(C(=O)O)nc1)C1CC1. The van der Waals surface area contributed by atoms with E-state index in [1.54, 1.807) is 12.3 Å². The van der Waals surface area contributed by atoms with Crippen molar-refractivity contribution in [1.29, 1.82) is 0 Å². The molecule has 0 saturated heterocycles. The Balaban J connectivity index is 2.16. The van der Waals surface area contributed by atoms with Crippen LogP contribution in [0, 0.1) is 5.92 Å². The van der Waals surface area contributed by atoms with Crippen molar-refractivity contribution in [2.24, 2.45) is 11.7 Å². The number of rotatable bonds is 3. The van der Waals surface area contributed by atoms with Gasteiger partial charge in [-0.15, -0.1) is 0 Å². The van der Waals surface area contributed by atoms with Crippen molar-refractivity contribution in [2.45, 2.75) is 18.9 Å². The van der Waals surface area contributed by atoms with Crippen LogP contribution in [0.3, 0.4) is 0 Å². The molecule has 2 rings (SSSR count). The molecule has 1 atom stereocenters. The molecule has 1 unspecified atom stereocenters. The molecular formula is C10H12N2O2. The first-order valence-electron chi connectivity index (χ1n) is 4.63. The van der Waals surface area contributed by atoms with E-state index in [-0.39, 0.29) is 11.7 Å². The highest BCUT2D eigenvalue weighted by Gasteiger charge is 2.29. The smallest absolute Gasteiger partial charge is 0.354 e. The normalized spacial score (nSPS) is 17.8. The maximum Gasteiger partial charge on any atom is 0.354 e. The quantitative estimate of drug-likeness (QED) is 0.754. The van der Waals surface area contributed by atoms with Crippen LogP contribution in [0.15, 0.2) is 18.3 Å². The average molecular weight is 192 g/mol. The van der Waals surface area contributed by atoms with Crippen molar-refractivity contribution in [3.8, 4) is 0 Å². The zero-order valence-corrected chi connectivity index (χ0v) is 7.68. The Bertz CT molecular complexity index is 344. The highest BCUT2D eigenvalue weighted by atomic mass is 16.4. The van der Waals surface area contributed by atoms with Crippen LogP contribution in [0.1, 0.15) is 34.9 Å². The van der Waals surface area contributed by atoms with Gasteiger partial charge in [-0.1, -0.05) is 6.07 Å². The van der Waals surface area contributed by atoms with Gasteiger partial charge >= 0.3 is 5.97 Å². The van der Waals surface area contributed by atoms with E-state index in [1.165, 1.54) is 18.9 Å². The van der Waals surface area contributed by atoms with Gasteiger partial charge in [-0.05, 0) is 30.4 Å². The summed E-state index contributed by atoms with van der Waals surface area (Å²) in [5.41, 5.74) is 6.93. The molecule has 4 heteroatoms. The lowest BCUT2D eigenvalue weighted by molar-refractivity contribution is 0.0690. The molecule has 0 aliphatic heterocycles. The first-order valence-corrected chi connectivity index (χ1v) is 4.63. The number of hydrogen-bond acceptors (Lipinski definition) is 3. The van der Waals surface area contributed by atoms with Gasteiger partial charge in [-0.2, -0.15) is 0 Å². The third-order valence-corrected chi connectivity index (χ3v) is 2.52. The van der Waals surface area contributed by atoms with Gasteiger partial charge in [0.2, 0.25) is 0 Å². The maximum absolute atomic E-state index is 10.5. The van der Waals surface area contributed by atoms with E-state index in [0.717, 1.165) is 5.56 Å². The van der Waals surface area contributed by atoms with Crippen molar-refractivity contribution in [2.75, 3.05) is 0 Å². The fraction of sp³-hybridized carbons (Fsp3) is 0.400. The first kappa shape index (κ1) is 9.15. The summed E-state index contributed by atoms with van der Waals surface area (Å²) in [6.07, 6.45) is 3.90. The molecule has 0 bridgehead atoms. The minimum atomic E-state index is -1.00. The summed E-state index contributed by atoms with van der Waals surface area (Å²) < 4.78 is 0. The zero-order chi connectivity index (χ0) is 10.1. The van der Waals surface area contributed by atoms with E-state index in [1.807, 2.05) is 0 Å². The fourth-order valence-corrected chi connectivity index (χ4v) is 1.46. The van der Waals surface area contributed by atoms with Crippen LogP contribution < -0.4 is 5.73 Å². The first-order chi connectivity index (χ1) is 6.68. The highest BCUT2D eigenvalue weighted by Crippen LogP contribution is 2.39. The van der Waals surface area contributed by atoms with Crippen LogP contribution in [0.4, 0.5) is 0 Å². The van der Waals surface area contributed by atoms with Gasteiger partial charge < -0.3 is 10.8 Å². The number of aromatic nitrogens is 1. The number of nitrogens with two attached hydrogens (primary N) is 1. The second-order valence-corrected chi connectivity index (χ2v) is 3.65. The molecule has 1 aliphatic rings. The Hall–Kier alpha value is -1.42. The fourth-order valence-electron chi connectivity index (χ4n) is 1.46. The van der Waals surface area contributed by atoms with Crippen molar-refractivity contribution < 1.29 is 9.90 Å². The van der Waals surface area contributed by atoms with Crippen molar-refractivity contribution >= 4 is 5.97 Å². The van der Waals surface area contributed by atoms with Gasteiger partial charge in [-0.3, -0.25) is 0 Å². The molecule has 1 saturated carbocycles. The predicted octanol–water partition coefficient (Wildman–Crippen LogP) is 1.19. The van der Waals surface area contributed by atoms with Gasteiger partial charge in [0, 0.05) is 12.2 Å². The lowest BCUT2D eigenvalue weighted by atomic mass is 10.1. The van der Waals surface area contributed by atoms with Gasteiger partial charge in [0.25, 0.3) is 0 Å². The Kier molecular flexibility index (Phi) is 2.21. The zero-order valence-electron chi connectivity index (χ0n) is 7.68. The molecule has 1 aliphatic carbocycles. The average Bonchev–Trinajstić information content (AvgIpc) is 3.00. The molecule has 74 valence electrons. The monoisotopic (exact) mass is 192 g/mol. The maximum atomic E-state index is 10.5. The number of carboxylic acids is 1. The van der Waals surface area contributed by atoms with E-state index < -0.39 is 5.97 Å². The Morgan fingerprint density at radius 1 is 1.57 bits per heavy atom. The molecule has 0 radical (unpaired) electrons. The lowest BCUT2D eigenvalue weighted by Gasteiger charge is -2.09. The highest BCUT2D eigenvalue weighted by molar-refractivity contribution is 5.85. The van der Waals surface area contributed by atoms with Crippen LogP contribution in [0.5, 0.6) is 0 Å². The van der Waals surface area contributed by atoms with Crippen molar-refractivity contribution in [3.05, 3.63) is 29.6 Å². The summed E-state index contributed by atoms with van der Waals surface area (Å²) in [7, 11) is 0. The van der Waals surface area contributed by atoms with Crippen LogP contribution in [-0.2, 0) is 0 Å². The topological polar surface area (TPSA) is 76.2 Å².